The highest BCUT2D eigenvalue weighted by atomic mass is 14.9. The van der Waals surface area contributed by atoms with Gasteiger partial charge < -0.3 is 11.1 Å². The van der Waals surface area contributed by atoms with E-state index < -0.39 is 0 Å². The van der Waals surface area contributed by atoms with E-state index in [1.807, 2.05) is 0 Å². The Hall–Kier alpha value is -0.0800. The molecule has 0 aliphatic heterocycles. The molecule has 0 spiro atoms. The molecule has 1 rings (SSSR count). The van der Waals surface area contributed by atoms with Crippen molar-refractivity contribution in [3.8, 4) is 0 Å². The topological polar surface area (TPSA) is 38.0 Å². The van der Waals surface area contributed by atoms with Gasteiger partial charge in [0.05, 0.1) is 0 Å². The van der Waals surface area contributed by atoms with Crippen LogP contribution in [0.3, 0.4) is 0 Å². The molecule has 0 amide bonds. The third-order valence-electron chi connectivity index (χ3n) is 3.47. The van der Waals surface area contributed by atoms with Crippen molar-refractivity contribution < 1.29 is 0 Å². The van der Waals surface area contributed by atoms with Crippen molar-refractivity contribution in [3.63, 3.8) is 0 Å². The molecule has 0 bridgehead atoms. The Bertz CT molecular complexity index is 151. The third-order valence-corrected chi connectivity index (χ3v) is 3.47. The maximum atomic E-state index is 5.74. The molecule has 0 heterocycles. The average molecular weight is 212 g/mol. The zero-order valence-electron chi connectivity index (χ0n) is 10.5. The summed E-state index contributed by atoms with van der Waals surface area (Å²) in [7, 11) is 0. The van der Waals surface area contributed by atoms with Crippen LogP contribution in [-0.4, -0.2) is 18.6 Å². The Morgan fingerprint density at radius 2 is 1.87 bits per heavy atom. The lowest BCUT2D eigenvalue weighted by atomic mass is 10.0. The predicted molar refractivity (Wildman–Crippen MR) is 66.9 cm³/mol. The molecular weight excluding hydrogens is 184 g/mol. The molecule has 1 fully saturated rings. The van der Waals surface area contributed by atoms with Crippen molar-refractivity contribution in [3.05, 3.63) is 0 Å². The summed E-state index contributed by atoms with van der Waals surface area (Å²) in [6, 6.07) is 1.20. The Morgan fingerprint density at radius 3 is 2.47 bits per heavy atom. The minimum atomic E-state index is 0.375. The van der Waals surface area contributed by atoms with Gasteiger partial charge >= 0.3 is 0 Å². The number of rotatable bonds is 7. The molecule has 0 saturated heterocycles. The molecular formula is C13H28N2. The lowest BCUT2D eigenvalue weighted by Gasteiger charge is -2.17. The molecule has 1 saturated carbocycles. The summed E-state index contributed by atoms with van der Waals surface area (Å²) < 4.78 is 0. The minimum Gasteiger partial charge on any atom is -0.328 e. The van der Waals surface area contributed by atoms with Crippen molar-refractivity contribution in [2.24, 2.45) is 11.7 Å². The minimum absolute atomic E-state index is 0.375. The third kappa shape index (κ3) is 6.16. The van der Waals surface area contributed by atoms with Gasteiger partial charge in [-0.1, -0.05) is 26.2 Å². The van der Waals surface area contributed by atoms with Crippen molar-refractivity contribution in [2.45, 2.75) is 70.9 Å². The van der Waals surface area contributed by atoms with Crippen LogP contribution in [0.25, 0.3) is 0 Å². The van der Waals surface area contributed by atoms with Gasteiger partial charge in [0.15, 0.2) is 0 Å². The van der Waals surface area contributed by atoms with Gasteiger partial charge in [0, 0.05) is 12.1 Å². The number of nitrogens with one attached hydrogen (secondary N) is 1. The van der Waals surface area contributed by atoms with E-state index in [9.17, 15) is 0 Å². The largest absolute Gasteiger partial charge is 0.328 e. The van der Waals surface area contributed by atoms with E-state index in [1.165, 1.54) is 51.5 Å². The van der Waals surface area contributed by atoms with Crippen molar-refractivity contribution >= 4 is 0 Å². The highest BCUT2D eigenvalue weighted by Crippen LogP contribution is 2.18. The molecule has 0 aromatic carbocycles. The molecule has 2 heteroatoms. The van der Waals surface area contributed by atoms with Crippen LogP contribution in [0.4, 0.5) is 0 Å². The van der Waals surface area contributed by atoms with Crippen LogP contribution in [0, 0.1) is 5.92 Å². The molecule has 0 aromatic heterocycles. The maximum absolute atomic E-state index is 5.74. The van der Waals surface area contributed by atoms with E-state index >= 15 is 0 Å². The van der Waals surface area contributed by atoms with Crippen LogP contribution in [0.5, 0.6) is 0 Å². The average Bonchev–Trinajstić information content (AvgIpc) is 2.66. The fraction of sp³-hybridized carbons (Fsp3) is 1.00. The summed E-state index contributed by atoms with van der Waals surface area (Å²) in [5.74, 6) is 0.810. The second-order valence-electron chi connectivity index (χ2n) is 5.40. The molecule has 2 nitrogen and oxygen atoms in total. The second kappa shape index (κ2) is 7.24. The summed E-state index contributed by atoms with van der Waals surface area (Å²) in [5, 5.41) is 3.69. The van der Waals surface area contributed by atoms with Gasteiger partial charge in [0.25, 0.3) is 0 Å². The van der Waals surface area contributed by atoms with Gasteiger partial charge in [0.2, 0.25) is 0 Å². The van der Waals surface area contributed by atoms with Crippen molar-refractivity contribution in [2.75, 3.05) is 6.54 Å². The Balaban J connectivity index is 1.95. The van der Waals surface area contributed by atoms with Gasteiger partial charge in [-0.3, -0.25) is 0 Å². The van der Waals surface area contributed by atoms with E-state index in [0.29, 0.717) is 6.04 Å². The summed E-state index contributed by atoms with van der Waals surface area (Å²) in [6.45, 7) is 5.65. The SMILES string of the molecule is CC(N)CCCC(C)CNC1CCCC1. The van der Waals surface area contributed by atoms with E-state index in [1.54, 1.807) is 0 Å². The zero-order chi connectivity index (χ0) is 11.1. The molecule has 1 aliphatic rings. The van der Waals surface area contributed by atoms with Crippen LogP contribution in [0.15, 0.2) is 0 Å². The number of hydrogen-bond donors (Lipinski definition) is 2. The van der Waals surface area contributed by atoms with Crippen LogP contribution in [0.1, 0.15) is 58.8 Å². The summed E-state index contributed by atoms with van der Waals surface area (Å²) in [6.07, 6.45) is 9.42. The van der Waals surface area contributed by atoms with Crippen LogP contribution in [0.2, 0.25) is 0 Å². The summed E-state index contributed by atoms with van der Waals surface area (Å²) in [5.41, 5.74) is 5.74. The van der Waals surface area contributed by atoms with Crippen molar-refractivity contribution in [1.82, 2.24) is 5.32 Å². The first-order valence-electron chi connectivity index (χ1n) is 6.67. The molecule has 2 unspecified atom stereocenters. The Morgan fingerprint density at radius 1 is 1.20 bits per heavy atom. The van der Waals surface area contributed by atoms with Gasteiger partial charge in [-0.25, -0.2) is 0 Å². The molecule has 1 aliphatic carbocycles. The van der Waals surface area contributed by atoms with Gasteiger partial charge in [-0.15, -0.1) is 0 Å². The predicted octanol–water partition coefficient (Wildman–Crippen LogP) is 2.67. The molecule has 2 atom stereocenters. The Labute approximate surface area is 95.0 Å². The maximum Gasteiger partial charge on any atom is 0.00671 e. The van der Waals surface area contributed by atoms with Crippen LogP contribution >= 0.6 is 0 Å². The summed E-state index contributed by atoms with van der Waals surface area (Å²) in [4.78, 5) is 0. The fourth-order valence-corrected chi connectivity index (χ4v) is 2.39. The van der Waals surface area contributed by atoms with Gasteiger partial charge in [0.1, 0.15) is 0 Å². The first-order valence-corrected chi connectivity index (χ1v) is 6.67. The lowest BCUT2D eigenvalue weighted by molar-refractivity contribution is 0.413. The summed E-state index contributed by atoms with van der Waals surface area (Å²) >= 11 is 0. The van der Waals surface area contributed by atoms with E-state index in [-0.39, 0.29) is 0 Å². The van der Waals surface area contributed by atoms with E-state index in [4.69, 9.17) is 5.73 Å². The Kier molecular flexibility index (Phi) is 6.26. The van der Waals surface area contributed by atoms with Gasteiger partial charge in [-0.2, -0.15) is 0 Å². The first kappa shape index (κ1) is 13.0. The smallest absolute Gasteiger partial charge is 0.00671 e. The van der Waals surface area contributed by atoms with Crippen molar-refractivity contribution in [1.29, 1.82) is 0 Å². The molecule has 0 radical (unpaired) electrons. The van der Waals surface area contributed by atoms with Crippen LogP contribution < -0.4 is 11.1 Å². The number of nitrogens with two attached hydrogens (primary N) is 1. The standard InChI is InChI=1S/C13H28N2/c1-11(6-5-7-12(2)14)10-15-13-8-3-4-9-13/h11-13,15H,3-10,14H2,1-2H3. The normalized spacial score (nSPS) is 21.8. The van der Waals surface area contributed by atoms with E-state index in [2.05, 4.69) is 19.2 Å². The van der Waals surface area contributed by atoms with Gasteiger partial charge in [-0.05, 0) is 45.1 Å². The highest BCUT2D eigenvalue weighted by molar-refractivity contribution is 4.74. The number of hydrogen-bond acceptors (Lipinski definition) is 2. The molecule has 3 N–H and O–H groups in total. The first-order chi connectivity index (χ1) is 7.18. The quantitative estimate of drug-likeness (QED) is 0.681. The van der Waals surface area contributed by atoms with Crippen LogP contribution in [-0.2, 0) is 0 Å². The van der Waals surface area contributed by atoms with E-state index in [0.717, 1.165) is 12.0 Å². The fourth-order valence-electron chi connectivity index (χ4n) is 2.39. The molecule has 90 valence electrons. The second-order valence-corrected chi connectivity index (χ2v) is 5.40. The molecule has 15 heavy (non-hydrogen) atoms. The monoisotopic (exact) mass is 212 g/mol. The zero-order valence-corrected chi connectivity index (χ0v) is 10.5. The highest BCUT2D eigenvalue weighted by Gasteiger charge is 2.14. The lowest BCUT2D eigenvalue weighted by Crippen LogP contribution is -2.30. The molecule has 0 aromatic rings.